The number of allylic oxidation sites excluding steroid dienone is 1. The van der Waals surface area contributed by atoms with Crippen LogP contribution in [0, 0.1) is 5.41 Å². The lowest BCUT2D eigenvalue weighted by molar-refractivity contribution is 0.467. The minimum Gasteiger partial charge on any atom is -0.0946 e. The summed E-state index contributed by atoms with van der Waals surface area (Å²) in [5.41, 5.74) is 2.61. The Morgan fingerprint density at radius 3 is 2.47 bits per heavy atom. The lowest BCUT2D eigenvalue weighted by Gasteiger charge is -2.27. The van der Waals surface area contributed by atoms with Gasteiger partial charge in [-0.15, -0.1) is 0 Å². The summed E-state index contributed by atoms with van der Waals surface area (Å²) in [4.78, 5) is 0. The molecular weight excluding hydrogens is 204 g/mol. The summed E-state index contributed by atoms with van der Waals surface area (Å²) in [6.45, 7) is 6.57. The predicted molar refractivity (Wildman–Crippen MR) is 67.1 cm³/mol. The molecule has 1 heteroatoms. The van der Waals surface area contributed by atoms with Crippen LogP contribution >= 0.6 is 11.6 Å². The third kappa shape index (κ3) is 1.96. The molecule has 1 aliphatic carbocycles. The molecular formula is C14H17Cl. The summed E-state index contributed by atoms with van der Waals surface area (Å²) in [6.07, 6.45) is 5.13. The van der Waals surface area contributed by atoms with Gasteiger partial charge < -0.3 is 0 Å². The molecule has 0 atom stereocenters. The van der Waals surface area contributed by atoms with Gasteiger partial charge in [-0.05, 0) is 35.5 Å². The van der Waals surface area contributed by atoms with Crippen molar-refractivity contribution < 1.29 is 0 Å². The van der Waals surface area contributed by atoms with Gasteiger partial charge in [-0.1, -0.05) is 56.1 Å². The highest BCUT2D eigenvalue weighted by molar-refractivity contribution is 6.32. The quantitative estimate of drug-likeness (QED) is 0.663. The first-order valence-corrected chi connectivity index (χ1v) is 5.95. The molecule has 0 unspecified atom stereocenters. The van der Waals surface area contributed by atoms with E-state index < -0.39 is 0 Å². The molecule has 15 heavy (non-hydrogen) atoms. The fraction of sp³-hybridized carbons (Fsp3) is 0.429. The van der Waals surface area contributed by atoms with Gasteiger partial charge >= 0.3 is 0 Å². The molecule has 1 aromatic rings. The standard InChI is InChI=1S/C14H17Cl/c1-11(14(2)9-5-6-10-14)12-7-3-4-8-13(12)15/h3-4,7-8H,1,5-6,9-10H2,2H3. The molecule has 1 aliphatic rings. The van der Waals surface area contributed by atoms with Crippen LogP contribution in [-0.2, 0) is 0 Å². The Hall–Kier alpha value is -0.750. The molecule has 2 rings (SSSR count). The monoisotopic (exact) mass is 220 g/mol. The molecule has 0 aliphatic heterocycles. The first-order valence-electron chi connectivity index (χ1n) is 5.58. The highest BCUT2D eigenvalue weighted by Crippen LogP contribution is 2.48. The SMILES string of the molecule is C=C(c1ccccc1Cl)C1(C)CCCC1. The molecule has 0 saturated heterocycles. The first kappa shape index (κ1) is 10.8. The van der Waals surface area contributed by atoms with Crippen molar-refractivity contribution in [3.63, 3.8) is 0 Å². The van der Waals surface area contributed by atoms with Crippen LogP contribution in [0.2, 0.25) is 5.02 Å². The van der Waals surface area contributed by atoms with Crippen molar-refractivity contribution in [2.24, 2.45) is 5.41 Å². The van der Waals surface area contributed by atoms with Crippen molar-refractivity contribution in [3.8, 4) is 0 Å². The van der Waals surface area contributed by atoms with Gasteiger partial charge in [0.2, 0.25) is 0 Å². The zero-order chi connectivity index (χ0) is 10.9. The second kappa shape index (κ2) is 4.02. The van der Waals surface area contributed by atoms with Gasteiger partial charge in [0, 0.05) is 5.02 Å². The predicted octanol–water partition coefficient (Wildman–Crippen LogP) is 4.93. The van der Waals surface area contributed by atoms with Gasteiger partial charge in [0.25, 0.3) is 0 Å². The maximum absolute atomic E-state index is 6.20. The lowest BCUT2D eigenvalue weighted by atomic mass is 9.78. The minimum absolute atomic E-state index is 0.269. The third-order valence-electron chi connectivity index (χ3n) is 3.63. The zero-order valence-electron chi connectivity index (χ0n) is 9.22. The van der Waals surface area contributed by atoms with Crippen LogP contribution in [0.1, 0.15) is 38.2 Å². The highest BCUT2D eigenvalue weighted by atomic mass is 35.5. The van der Waals surface area contributed by atoms with Crippen LogP contribution in [0.3, 0.4) is 0 Å². The summed E-state index contributed by atoms with van der Waals surface area (Å²) in [6, 6.07) is 8.02. The molecule has 1 fully saturated rings. The van der Waals surface area contributed by atoms with Gasteiger partial charge in [0.1, 0.15) is 0 Å². The van der Waals surface area contributed by atoms with E-state index in [0.29, 0.717) is 0 Å². The van der Waals surface area contributed by atoms with Crippen LogP contribution in [0.25, 0.3) is 5.57 Å². The van der Waals surface area contributed by atoms with E-state index >= 15 is 0 Å². The first-order chi connectivity index (χ1) is 7.13. The Bertz CT molecular complexity index is 373. The number of halogens is 1. The minimum atomic E-state index is 0.269. The fourth-order valence-electron chi connectivity index (χ4n) is 2.49. The summed E-state index contributed by atoms with van der Waals surface area (Å²) in [5, 5.41) is 0.829. The van der Waals surface area contributed by atoms with Crippen LogP contribution in [0.5, 0.6) is 0 Å². The van der Waals surface area contributed by atoms with Crippen molar-refractivity contribution in [1.29, 1.82) is 0 Å². The van der Waals surface area contributed by atoms with E-state index in [9.17, 15) is 0 Å². The Kier molecular flexibility index (Phi) is 2.88. The maximum atomic E-state index is 6.20. The molecule has 0 heterocycles. The molecule has 0 nitrogen and oxygen atoms in total. The van der Waals surface area contributed by atoms with Crippen molar-refractivity contribution in [1.82, 2.24) is 0 Å². The second-order valence-electron chi connectivity index (χ2n) is 4.73. The van der Waals surface area contributed by atoms with Crippen molar-refractivity contribution in [2.45, 2.75) is 32.6 Å². The molecule has 0 aromatic heterocycles. The van der Waals surface area contributed by atoms with E-state index in [-0.39, 0.29) is 5.41 Å². The summed E-state index contributed by atoms with van der Waals surface area (Å²) in [5.74, 6) is 0. The number of rotatable bonds is 2. The van der Waals surface area contributed by atoms with Gasteiger partial charge in [-0.3, -0.25) is 0 Å². The molecule has 0 radical (unpaired) electrons. The van der Waals surface area contributed by atoms with E-state index in [0.717, 1.165) is 10.6 Å². The highest BCUT2D eigenvalue weighted by Gasteiger charge is 2.32. The topological polar surface area (TPSA) is 0 Å². The Labute approximate surface area is 97.0 Å². The average molecular weight is 221 g/mol. The Morgan fingerprint density at radius 2 is 1.87 bits per heavy atom. The third-order valence-corrected chi connectivity index (χ3v) is 3.96. The molecule has 80 valence electrons. The smallest absolute Gasteiger partial charge is 0.0481 e. The van der Waals surface area contributed by atoms with Crippen molar-refractivity contribution >= 4 is 17.2 Å². The zero-order valence-corrected chi connectivity index (χ0v) is 9.98. The molecule has 1 aromatic carbocycles. The molecule has 0 amide bonds. The van der Waals surface area contributed by atoms with E-state index in [2.05, 4.69) is 19.6 Å². The van der Waals surface area contributed by atoms with Crippen LogP contribution < -0.4 is 0 Å². The Morgan fingerprint density at radius 1 is 1.27 bits per heavy atom. The lowest BCUT2D eigenvalue weighted by Crippen LogP contribution is -2.12. The van der Waals surface area contributed by atoms with Gasteiger partial charge in [0.15, 0.2) is 0 Å². The molecule has 1 saturated carbocycles. The summed E-state index contributed by atoms with van der Waals surface area (Å²) >= 11 is 6.20. The molecule has 0 N–H and O–H groups in total. The van der Waals surface area contributed by atoms with Crippen molar-refractivity contribution in [3.05, 3.63) is 41.4 Å². The normalized spacial score (nSPS) is 19.1. The van der Waals surface area contributed by atoms with Crippen LogP contribution in [0.4, 0.5) is 0 Å². The maximum Gasteiger partial charge on any atom is 0.0481 e. The van der Waals surface area contributed by atoms with E-state index in [1.54, 1.807) is 0 Å². The number of hydrogen-bond acceptors (Lipinski definition) is 0. The Balaban J connectivity index is 2.32. The van der Waals surface area contributed by atoms with Gasteiger partial charge in [-0.25, -0.2) is 0 Å². The average Bonchev–Trinajstić information content (AvgIpc) is 2.66. The second-order valence-corrected chi connectivity index (χ2v) is 5.13. The van der Waals surface area contributed by atoms with E-state index in [1.165, 1.54) is 31.3 Å². The summed E-state index contributed by atoms with van der Waals surface area (Å²) in [7, 11) is 0. The number of hydrogen-bond donors (Lipinski definition) is 0. The largest absolute Gasteiger partial charge is 0.0946 e. The van der Waals surface area contributed by atoms with Crippen LogP contribution in [0.15, 0.2) is 30.8 Å². The van der Waals surface area contributed by atoms with E-state index in [4.69, 9.17) is 11.6 Å². The summed E-state index contributed by atoms with van der Waals surface area (Å²) < 4.78 is 0. The molecule has 0 spiro atoms. The number of benzene rings is 1. The van der Waals surface area contributed by atoms with Crippen molar-refractivity contribution in [2.75, 3.05) is 0 Å². The fourth-order valence-corrected chi connectivity index (χ4v) is 2.74. The van der Waals surface area contributed by atoms with Crippen LogP contribution in [-0.4, -0.2) is 0 Å². The van der Waals surface area contributed by atoms with E-state index in [1.807, 2.05) is 18.2 Å². The van der Waals surface area contributed by atoms with Gasteiger partial charge in [-0.2, -0.15) is 0 Å². The van der Waals surface area contributed by atoms with Gasteiger partial charge in [0.05, 0.1) is 0 Å². The molecule has 0 bridgehead atoms.